The Bertz CT molecular complexity index is 405. The van der Waals surface area contributed by atoms with Gasteiger partial charge < -0.3 is 15.2 Å². The van der Waals surface area contributed by atoms with Crippen molar-refractivity contribution in [3.8, 4) is 0 Å². The van der Waals surface area contributed by atoms with Gasteiger partial charge in [0.15, 0.2) is 0 Å². The van der Waals surface area contributed by atoms with Gasteiger partial charge in [0.2, 0.25) is 0 Å². The molecule has 0 saturated heterocycles. The summed E-state index contributed by atoms with van der Waals surface area (Å²) in [6, 6.07) is 0. The van der Waals surface area contributed by atoms with Gasteiger partial charge in [-0.25, -0.2) is 9.59 Å². The summed E-state index contributed by atoms with van der Waals surface area (Å²) in [7, 11) is 0. The predicted octanol–water partition coefficient (Wildman–Crippen LogP) is 3.57. The number of nitrogens with one attached hydrogen (secondary N) is 1. The zero-order valence-corrected chi connectivity index (χ0v) is 14.1. The number of ether oxygens (including phenoxy) is 1. The number of rotatable bonds is 2. The van der Waals surface area contributed by atoms with Crippen molar-refractivity contribution in [1.82, 2.24) is 5.32 Å². The molecule has 1 saturated carbocycles. The Hall–Kier alpha value is -1.26. The molecule has 0 aliphatic heterocycles. The number of hydrogen-bond donors (Lipinski definition) is 2. The number of carboxylic acid groups (broad SMARTS) is 1. The third-order valence-corrected chi connectivity index (χ3v) is 4.06. The van der Waals surface area contributed by atoms with Crippen molar-refractivity contribution < 1.29 is 19.4 Å². The fourth-order valence-electron chi connectivity index (χ4n) is 3.29. The third kappa shape index (κ3) is 4.35. The lowest BCUT2D eigenvalue weighted by Gasteiger charge is -2.47. The van der Waals surface area contributed by atoms with E-state index in [1.165, 1.54) is 0 Å². The molecule has 21 heavy (non-hydrogen) atoms. The van der Waals surface area contributed by atoms with Crippen LogP contribution >= 0.6 is 0 Å². The monoisotopic (exact) mass is 299 g/mol. The first kappa shape index (κ1) is 17.8. The van der Waals surface area contributed by atoms with Gasteiger partial charge in [-0.3, -0.25) is 0 Å². The Morgan fingerprint density at radius 1 is 1.14 bits per heavy atom. The molecule has 1 aliphatic rings. The number of hydrogen-bond acceptors (Lipinski definition) is 3. The van der Waals surface area contributed by atoms with Crippen LogP contribution in [-0.4, -0.2) is 28.3 Å². The Balaban J connectivity index is 3.06. The second kappa shape index (κ2) is 5.85. The molecule has 5 heteroatoms. The molecule has 0 unspecified atom stereocenters. The van der Waals surface area contributed by atoms with E-state index in [0.717, 1.165) is 19.3 Å². The van der Waals surface area contributed by atoms with E-state index < -0.39 is 23.2 Å². The maximum absolute atomic E-state index is 12.1. The van der Waals surface area contributed by atoms with Gasteiger partial charge in [-0.05, 0) is 44.9 Å². The van der Waals surface area contributed by atoms with Gasteiger partial charge in [0.05, 0.1) is 0 Å². The molecule has 0 bridgehead atoms. The van der Waals surface area contributed by atoms with E-state index in [9.17, 15) is 14.7 Å². The summed E-state index contributed by atoms with van der Waals surface area (Å²) < 4.78 is 5.26. The van der Waals surface area contributed by atoms with Crippen LogP contribution < -0.4 is 5.32 Å². The molecule has 5 nitrogen and oxygen atoms in total. The maximum Gasteiger partial charge on any atom is 0.408 e. The van der Waals surface area contributed by atoms with Crippen LogP contribution in [0.4, 0.5) is 4.79 Å². The predicted molar refractivity (Wildman–Crippen MR) is 81.1 cm³/mol. The van der Waals surface area contributed by atoms with Gasteiger partial charge >= 0.3 is 12.1 Å². The van der Waals surface area contributed by atoms with E-state index in [1.54, 1.807) is 20.8 Å². The molecular weight excluding hydrogens is 270 g/mol. The van der Waals surface area contributed by atoms with Gasteiger partial charge in [-0.2, -0.15) is 0 Å². The van der Waals surface area contributed by atoms with Gasteiger partial charge in [-0.15, -0.1) is 0 Å². The summed E-state index contributed by atoms with van der Waals surface area (Å²) in [4.78, 5) is 24.1. The Labute approximate surface area is 127 Å². The molecule has 1 aliphatic carbocycles. The molecule has 1 fully saturated rings. The smallest absolute Gasteiger partial charge is 0.408 e. The van der Waals surface area contributed by atoms with Crippen LogP contribution in [0.2, 0.25) is 0 Å². The van der Waals surface area contributed by atoms with Crippen LogP contribution in [0.25, 0.3) is 0 Å². The van der Waals surface area contributed by atoms with Crippen molar-refractivity contribution >= 4 is 12.1 Å². The molecule has 2 N–H and O–H groups in total. The molecule has 1 amide bonds. The van der Waals surface area contributed by atoms with Gasteiger partial charge in [0, 0.05) is 0 Å². The van der Waals surface area contributed by atoms with E-state index in [-0.39, 0.29) is 11.3 Å². The Kier molecular flexibility index (Phi) is 4.96. The summed E-state index contributed by atoms with van der Waals surface area (Å²) in [5.74, 6) is -1.09. The molecule has 0 aromatic rings. The summed E-state index contributed by atoms with van der Waals surface area (Å²) in [6.45, 7) is 11.4. The SMILES string of the molecule is CC(C)(C)OC(=O)N[C@]1(C(=O)O)CCCC[C@@H]1C(C)(C)C. The van der Waals surface area contributed by atoms with Crippen molar-refractivity contribution in [2.75, 3.05) is 0 Å². The topological polar surface area (TPSA) is 75.6 Å². The molecular formula is C16H29NO4. The first-order valence-corrected chi connectivity index (χ1v) is 7.63. The van der Waals surface area contributed by atoms with Crippen LogP contribution in [0.1, 0.15) is 67.2 Å². The van der Waals surface area contributed by atoms with Gasteiger partial charge in [-0.1, -0.05) is 33.6 Å². The zero-order valence-electron chi connectivity index (χ0n) is 14.1. The second-order valence-corrected chi connectivity index (χ2v) is 8.07. The van der Waals surface area contributed by atoms with E-state index in [0.29, 0.717) is 6.42 Å². The van der Waals surface area contributed by atoms with E-state index in [1.807, 2.05) is 20.8 Å². The minimum Gasteiger partial charge on any atom is -0.479 e. The average molecular weight is 299 g/mol. The van der Waals surface area contributed by atoms with Gasteiger partial charge in [0.25, 0.3) is 0 Å². The van der Waals surface area contributed by atoms with Crippen molar-refractivity contribution in [2.45, 2.75) is 78.4 Å². The molecule has 0 radical (unpaired) electrons. The average Bonchev–Trinajstić information content (AvgIpc) is 2.24. The Morgan fingerprint density at radius 2 is 1.71 bits per heavy atom. The van der Waals surface area contributed by atoms with Crippen LogP contribution in [0, 0.1) is 11.3 Å². The molecule has 122 valence electrons. The number of carbonyl (C=O) groups is 2. The van der Waals surface area contributed by atoms with Crippen LogP contribution in [-0.2, 0) is 9.53 Å². The largest absolute Gasteiger partial charge is 0.479 e. The number of carbonyl (C=O) groups excluding carboxylic acids is 1. The fourth-order valence-corrected chi connectivity index (χ4v) is 3.29. The quantitative estimate of drug-likeness (QED) is 0.817. The number of carboxylic acids is 1. The highest BCUT2D eigenvalue weighted by molar-refractivity contribution is 5.85. The van der Waals surface area contributed by atoms with Crippen molar-refractivity contribution in [3.05, 3.63) is 0 Å². The second-order valence-electron chi connectivity index (χ2n) is 8.07. The molecule has 0 spiro atoms. The first-order valence-electron chi connectivity index (χ1n) is 7.63. The fraction of sp³-hybridized carbons (Fsp3) is 0.875. The number of amides is 1. The minimum absolute atomic E-state index is 0.122. The lowest BCUT2D eigenvalue weighted by Crippen LogP contribution is -2.63. The molecule has 2 atom stereocenters. The first-order chi connectivity index (χ1) is 9.38. The zero-order chi connectivity index (χ0) is 16.5. The molecule has 0 aromatic carbocycles. The lowest BCUT2D eigenvalue weighted by molar-refractivity contribution is -0.152. The third-order valence-electron chi connectivity index (χ3n) is 4.06. The highest BCUT2D eigenvalue weighted by Crippen LogP contribution is 2.44. The normalized spacial score (nSPS) is 27.0. The Morgan fingerprint density at radius 3 is 2.14 bits per heavy atom. The van der Waals surface area contributed by atoms with Gasteiger partial charge in [0.1, 0.15) is 11.1 Å². The highest BCUT2D eigenvalue weighted by atomic mass is 16.6. The van der Waals surface area contributed by atoms with Crippen LogP contribution in [0.3, 0.4) is 0 Å². The molecule has 0 heterocycles. The van der Waals surface area contributed by atoms with Crippen molar-refractivity contribution in [3.63, 3.8) is 0 Å². The highest BCUT2D eigenvalue weighted by Gasteiger charge is 2.53. The van der Waals surface area contributed by atoms with Crippen LogP contribution in [0.15, 0.2) is 0 Å². The van der Waals surface area contributed by atoms with E-state index >= 15 is 0 Å². The van der Waals surface area contributed by atoms with Crippen molar-refractivity contribution in [2.24, 2.45) is 11.3 Å². The standard InChI is InChI=1S/C16H29NO4/c1-14(2,3)11-9-7-8-10-16(11,12(18)19)17-13(20)21-15(4,5)6/h11H,7-10H2,1-6H3,(H,17,20)(H,18,19)/t11-,16-/m1/s1. The van der Waals surface area contributed by atoms with Crippen LogP contribution in [0.5, 0.6) is 0 Å². The summed E-state index contributed by atoms with van der Waals surface area (Å²) in [6.07, 6.45) is 2.39. The summed E-state index contributed by atoms with van der Waals surface area (Å²) in [5.41, 5.74) is -2.08. The maximum atomic E-state index is 12.1. The number of aliphatic carboxylic acids is 1. The minimum atomic E-state index is -1.24. The summed E-state index contributed by atoms with van der Waals surface area (Å²) >= 11 is 0. The van der Waals surface area contributed by atoms with E-state index in [2.05, 4.69) is 5.32 Å². The molecule has 1 rings (SSSR count). The van der Waals surface area contributed by atoms with Crippen molar-refractivity contribution in [1.29, 1.82) is 0 Å². The van der Waals surface area contributed by atoms with E-state index in [4.69, 9.17) is 4.74 Å². The lowest BCUT2D eigenvalue weighted by atomic mass is 9.62. The summed E-state index contributed by atoms with van der Waals surface area (Å²) in [5, 5.41) is 12.5. The molecule has 0 aromatic heterocycles. The number of alkyl carbamates (subject to hydrolysis) is 1.